The Balaban J connectivity index is 2.38. The summed E-state index contributed by atoms with van der Waals surface area (Å²) in [6, 6.07) is 3.73. The van der Waals surface area contributed by atoms with Gasteiger partial charge in [0.1, 0.15) is 0 Å². The molecule has 0 aliphatic carbocycles. The third kappa shape index (κ3) is 2.85. The van der Waals surface area contributed by atoms with Crippen molar-refractivity contribution in [2.45, 2.75) is 0 Å². The second-order valence-corrected chi connectivity index (χ2v) is 4.76. The number of ether oxygens (including phenoxy) is 3. The van der Waals surface area contributed by atoms with Crippen LogP contribution in [0, 0.1) is 0 Å². The average Bonchev–Trinajstić information content (AvgIpc) is 2.89. The zero-order chi connectivity index (χ0) is 14.5. The van der Waals surface area contributed by atoms with E-state index in [2.05, 4.69) is 4.98 Å². The molecular weight excluding hydrogens is 276 g/mol. The Hall–Kier alpha value is -2.21. The summed E-state index contributed by atoms with van der Waals surface area (Å²) in [5, 5.41) is 2.43. The second kappa shape index (κ2) is 6.29. The van der Waals surface area contributed by atoms with Crippen molar-refractivity contribution in [3.63, 3.8) is 0 Å². The van der Waals surface area contributed by atoms with Crippen LogP contribution in [0.2, 0.25) is 0 Å². The van der Waals surface area contributed by atoms with E-state index in [0.29, 0.717) is 22.4 Å². The number of hydrogen-bond acceptors (Lipinski definition) is 6. The molecule has 0 spiro atoms. The highest BCUT2D eigenvalue weighted by Crippen LogP contribution is 2.40. The number of nitrogens with two attached hydrogens (primary N) is 1. The van der Waals surface area contributed by atoms with E-state index in [4.69, 9.17) is 19.9 Å². The molecule has 2 aromatic rings. The first-order chi connectivity index (χ1) is 9.69. The fourth-order valence-corrected chi connectivity index (χ4v) is 2.34. The van der Waals surface area contributed by atoms with Crippen molar-refractivity contribution < 1.29 is 14.2 Å². The van der Waals surface area contributed by atoms with Gasteiger partial charge < -0.3 is 19.9 Å². The first-order valence-corrected chi connectivity index (χ1v) is 6.75. The maximum absolute atomic E-state index is 5.60. The molecule has 0 fully saturated rings. The lowest BCUT2D eigenvalue weighted by Crippen LogP contribution is -1.96. The van der Waals surface area contributed by atoms with Crippen molar-refractivity contribution >= 4 is 28.6 Å². The van der Waals surface area contributed by atoms with Crippen LogP contribution in [0.5, 0.6) is 17.2 Å². The van der Waals surface area contributed by atoms with Crippen LogP contribution in [0.15, 0.2) is 17.5 Å². The number of aromatic nitrogens is 1. The van der Waals surface area contributed by atoms with Crippen molar-refractivity contribution in [3.05, 3.63) is 28.8 Å². The number of nitrogen functional groups attached to an aromatic ring is 1. The molecule has 2 rings (SSSR count). The molecular formula is C14H16N2O3S. The van der Waals surface area contributed by atoms with Crippen LogP contribution in [0.4, 0.5) is 5.13 Å². The van der Waals surface area contributed by atoms with E-state index >= 15 is 0 Å². The molecule has 1 heterocycles. The van der Waals surface area contributed by atoms with Gasteiger partial charge in [-0.1, -0.05) is 0 Å². The Kier molecular flexibility index (Phi) is 4.47. The topological polar surface area (TPSA) is 66.6 Å². The highest BCUT2D eigenvalue weighted by molar-refractivity contribution is 7.13. The summed E-state index contributed by atoms with van der Waals surface area (Å²) in [5.74, 6) is 1.81. The third-order valence-corrected chi connectivity index (χ3v) is 3.40. The van der Waals surface area contributed by atoms with Gasteiger partial charge in [-0.05, 0) is 24.3 Å². The van der Waals surface area contributed by atoms with Crippen molar-refractivity contribution in [1.29, 1.82) is 0 Å². The molecule has 6 heteroatoms. The molecule has 0 saturated carbocycles. The van der Waals surface area contributed by atoms with E-state index in [1.54, 1.807) is 21.3 Å². The Bertz CT molecular complexity index is 623. The lowest BCUT2D eigenvalue weighted by Gasteiger charge is -2.13. The largest absolute Gasteiger partial charge is 0.493 e. The van der Waals surface area contributed by atoms with E-state index < -0.39 is 0 Å². The second-order valence-electron chi connectivity index (χ2n) is 3.87. The van der Waals surface area contributed by atoms with Crippen LogP contribution in [0.25, 0.3) is 12.2 Å². The van der Waals surface area contributed by atoms with Gasteiger partial charge in [0.2, 0.25) is 5.75 Å². The number of thiazole rings is 1. The molecule has 0 atom stereocenters. The Morgan fingerprint density at radius 1 is 1.05 bits per heavy atom. The van der Waals surface area contributed by atoms with E-state index in [1.807, 2.05) is 29.7 Å². The Morgan fingerprint density at radius 2 is 1.80 bits per heavy atom. The summed E-state index contributed by atoms with van der Waals surface area (Å²) in [6.07, 6.45) is 3.77. The van der Waals surface area contributed by atoms with Crippen LogP contribution in [-0.2, 0) is 0 Å². The van der Waals surface area contributed by atoms with Crippen molar-refractivity contribution in [2.24, 2.45) is 0 Å². The molecule has 1 aromatic carbocycles. The van der Waals surface area contributed by atoms with Gasteiger partial charge in [0.25, 0.3) is 0 Å². The minimum Gasteiger partial charge on any atom is -0.493 e. The summed E-state index contributed by atoms with van der Waals surface area (Å²) in [5.41, 5.74) is 7.28. The van der Waals surface area contributed by atoms with E-state index in [9.17, 15) is 0 Å². The van der Waals surface area contributed by atoms with Gasteiger partial charge in [0.05, 0.1) is 27.0 Å². The number of anilines is 1. The number of nitrogens with zero attached hydrogens (tertiary/aromatic N) is 1. The van der Waals surface area contributed by atoms with Gasteiger partial charge in [-0.3, -0.25) is 0 Å². The summed E-state index contributed by atoms with van der Waals surface area (Å²) in [7, 11) is 4.76. The monoisotopic (exact) mass is 292 g/mol. The van der Waals surface area contributed by atoms with Crippen molar-refractivity contribution in [3.8, 4) is 17.2 Å². The fourth-order valence-electron chi connectivity index (χ4n) is 1.81. The molecule has 20 heavy (non-hydrogen) atoms. The summed E-state index contributed by atoms with van der Waals surface area (Å²) in [4.78, 5) is 4.17. The van der Waals surface area contributed by atoms with Crippen LogP contribution in [0.3, 0.4) is 0 Å². The lowest BCUT2D eigenvalue weighted by molar-refractivity contribution is 0.324. The molecule has 1 aromatic heterocycles. The van der Waals surface area contributed by atoms with Crippen LogP contribution in [0.1, 0.15) is 11.3 Å². The highest BCUT2D eigenvalue weighted by Gasteiger charge is 2.14. The molecule has 5 nitrogen and oxygen atoms in total. The minimum absolute atomic E-state index is 0.545. The first kappa shape index (κ1) is 14.2. The summed E-state index contributed by atoms with van der Waals surface area (Å²) < 4.78 is 16.0. The predicted octanol–water partition coefficient (Wildman–Crippen LogP) is 2.92. The van der Waals surface area contributed by atoms with Gasteiger partial charge in [0.15, 0.2) is 16.6 Å². The smallest absolute Gasteiger partial charge is 0.203 e. The van der Waals surface area contributed by atoms with Crippen LogP contribution in [-0.4, -0.2) is 26.3 Å². The number of rotatable bonds is 5. The molecule has 0 bridgehead atoms. The van der Waals surface area contributed by atoms with Crippen LogP contribution >= 0.6 is 11.3 Å². The number of benzene rings is 1. The maximum Gasteiger partial charge on any atom is 0.203 e. The highest BCUT2D eigenvalue weighted by atomic mass is 32.1. The standard InChI is InChI=1S/C14H16N2O3S/c1-17-11-7-5-9(12(18-2)13(11)19-3)4-6-10-8-20-14(15)16-10/h4-8H,1-3H3,(H2,15,16). The van der Waals surface area contributed by atoms with Crippen molar-refractivity contribution in [1.82, 2.24) is 4.98 Å². The third-order valence-electron chi connectivity index (χ3n) is 2.71. The summed E-state index contributed by atoms with van der Waals surface area (Å²) in [6.45, 7) is 0. The van der Waals surface area contributed by atoms with Gasteiger partial charge in [-0.15, -0.1) is 11.3 Å². The Labute approximate surface area is 121 Å². The molecule has 2 N–H and O–H groups in total. The summed E-state index contributed by atoms with van der Waals surface area (Å²) >= 11 is 1.40. The zero-order valence-electron chi connectivity index (χ0n) is 11.5. The molecule has 0 saturated heterocycles. The molecule has 0 radical (unpaired) electrons. The quantitative estimate of drug-likeness (QED) is 0.917. The van der Waals surface area contributed by atoms with E-state index in [0.717, 1.165) is 11.3 Å². The van der Waals surface area contributed by atoms with Crippen LogP contribution < -0.4 is 19.9 Å². The maximum atomic E-state index is 5.60. The van der Waals surface area contributed by atoms with Crippen molar-refractivity contribution in [2.75, 3.05) is 27.1 Å². The molecule has 106 valence electrons. The normalized spacial score (nSPS) is 10.8. The van der Waals surface area contributed by atoms with E-state index in [1.165, 1.54) is 11.3 Å². The van der Waals surface area contributed by atoms with Gasteiger partial charge >= 0.3 is 0 Å². The average molecular weight is 292 g/mol. The molecule has 0 aliphatic heterocycles. The van der Waals surface area contributed by atoms with Gasteiger partial charge in [0, 0.05) is 10.9 Å². The number of hydrogen-bond donors (Lipinski definition) is 1. The van der Waals surface area contributed by atoms with E-state index in [-0.39, 0.29) is 0 Å². The molecule has 0 amide bonds. The SMILES string of the molecule is COc1ccc(C=Cc2csc(N)n2)c(OC)c1OC. The zero-order valence-corrected chi connectivity index (χ0v) is 12.4. The predicted molar refractivity (Wildman–Crippen MR) is 81.6 cm³/mol. The number of methoxy groups -OCH3 is 3. The van der Waals surface area contributed by atoms with Gasteiger partial charge in [-0.2, -0.15) is 0 Å². The lowest BCUT2D eigenvalue weighted by atomic mass is 10.1. The molecule has 0 aliphatic rings. The fraction of sp³-hybridized carbons (Fsp3) is 0.214. The Morgan fingerprint density at radius 3 is 2.35 bits per heavy atom. The van der Waals surface area contributed by atoms with Gasteiger partial charge in [-0.25, -0.2) is 4.98 Å². The first-order valence-electron chi connectivity index (χ1n) is 5.87. The minimum atomic E-state index is 0.545. The molecule has 0 unspecified atom stereocenters.